The molecule has 1 atom stereocenters. The van der Waals surface area contributed by atoms with Gasteiger partial charge in [0.15, 0.2) is 0 Å². The summed E-state index contributed by atoms with van der Waals surface area (Å²) in [6.07, 6.45) is 0.956. The Morgan fingerprint density at radius 1 is 1.60 bits per heavy atom. The molecule has 0 amide bonds. The van der Waals surface area contributed by atoms with Crippen LogP contribution in [-0.2, 0) is 11.3 Å². The Morgan fingerprint density at radius 2 is 2.47 bits per heavy atom. The molecule has 0 spiro atoms. The van der Waals surface area contributed by atoms with Crippen molar-refractivity contribution in [3.05, 3.63) is 34.9 Å². The lowest BCUT2D eigenvalue weighted by Gasteiger charge is -2.13. The second-order valence-corrected chi connectivity index (χ2v) is 4.18. The Bertz CT molecular complexity index is 356. The van der Waals surface area contributed by atoms with Crippen molar-refractivity contribution in [3.8, 4) is 0 Å². The number of rotatable bonds is 3. The van der Waals surface area contributed by atoms with Crippen LogP contribution >= 0.6 is 11.6 Å². The molecule has 2 rings (SSSR count). The molecule has 1 fully saturated rings. The molecule has 80 valence electrons. The molecule has 4 heteroatoms. The highest BCUT2D eigenvalue weighted by molar-refractivity contribution is 6.30. The van der Waals surface area contributed by atoms with Crippen LogP contribution in [0.5, 0.6) is 0 Å². The van der Waals surface area contributed by atoms with Gasteiger partial charge in [0.2, 0.25) is 0 Å². The molecule has 0 aromatic heterocycles. The van der Waals surface area contributed by atoms with Crippen molar-refractivity contribution in [2.75, 3.05) is 13.2 Å². The van der Waals surface area contributed by atoms with E-state index in [1.54, 1.807) is 0 Å². The largest absolute Gasteiger partial charge is 0.302 e. The summed E-state index contributed by atoms with van der Waals surface area (Å²) in [5.74, 6) is 0. The lowest BCUT2D eigenvalue weighted by atomic mass is 10.2. The van der Waals surface area contributed by atoms with Crippen molar-refractivity contribution >= 4 is 17.9 Å². The summed E-state index contributed by atoms with van der Waals surface area (Å²) in [5.41, 5.74) is 1.18. The van der Waals surface area contributed by atoms with Crippen LogP contribution in [0.2, 0.25) is 5.02 Å². The Morgan fingerprint density at radius 3 is 3.13 bits per heavy atom. The van der Waals surface area contributed by atoms with Crippen LogP contribution in [0.1, 0.15) is 5.56 Å². The van der Waals surface area contributed by atoms with Gasteiger partial charge in [-0.15, -0.1) is 0 Å². The summed E-state index contributed by atoms with van der Waals surface area (Å²) in [6.45, 7) is 2.36. The number of aldehydes is 1. The maximum atomic E-state index is 10.5. The minimum Gasteiger partial charge on any atom is -0.302 e. The van der Waals surface area contributed by atoms with Gasteiger partial charge in [-0.05, 0) is 17.7 Å². The minimum atomic E-state index is -0.0239. The predicted molar refractivity (Wildman–Crippen MR) is 59.7 cm³/mol. The number of carbonyl (C=O) groups excluding carboxylic acids is 1. The molecule has 1 N–H and O–H groups in total. The van der Waals surface area contributed by atoms with Gasteiger partial charge in [0, 0.05) is 24.8 Å². The highest BCUT2D eigenvalue weighted by Gasteiger charge is 2.20. The predicted octanol–water partition coefficient (Wildman–Crippen LogP) is 1.27. The second-order valence-electron chi connectivity index (χ2n) is 3.75. The highest BCUT2D eigenvalue weighted by atomic mass is 35.5. The molecule has 3 nitrogen and oxygen atoms in total. The van der Waals surface area contributed by atoms with Crippen LogP contribution < -0.4 is 5.32 Å². The number of hydrogen-bond donors (Lipinski definition) is 1. The zero-order valence-corrected chi connectivity index (χ0v) is 9.07. The van der Waals surface area contributed by atoms with Gasteiger partial charge in [0.1, 0.15) is 6.29 Å². The molecule has 0 radical (unpaired) electrons. The van der Waals surface area contributed by atoms with E-state index in [0.29, 0.717) is 0 Å². The third-order valence-electron chi connectivity index (χ3n) is 2.49. The Balaban J connectivity index is 1.95. The van der Waals surface area contributed by atoms with Gasteiger partial charge < -0.3 is 4.79 Å². The fourth-order valence-electron chi connectivity index (χ4n) is 1.76. The van der Waals surface area contributed by atoms with E-state index >= 15 is 0 Å². The van der Waals surface area contributed by atoms with Crippen molar-refractivity contribution in [2.24, 2.45) is 0 Å². The van der Waals surface area contributed by atoms with Gasteiger partial charge in [-0.1, -0.05) is 23.7 Å². The standard InChI is InChI=1S/C11H13ClN2O/c12-10-3-1-2-9(4-10)5-14-6-11(7-15)13-8-14/h1-4,7,11,13H,5-6,8H2. The summed E-state index contributed by atoms with van der Waals surface area (Å²) in [6, 6.07) is 7.78. The molecule has 1 aliphatic heterocycles. The number of carbonyl (C=O) groups is 1. The van der Waals surface area contributed by atoms with Crippen LogP contribution in [0.4, 0.5) is 0 Å². The van der Waals surface area contributed by atoms with Gasteiger partial charge in [0.25, 0.3) is 0 Å². The minimum absolute atomic E-state index is 0.0239. The van der Waals surface area contributed by atoms with Crippen molar-refractivity contribution in [1.82, 2.24) is 10.2 Å². The molecule has 1 heterocycles. The van der Waals surface area contributed by atoms with E-state index in [-0.39, 0.29) is 6.04 Å². The fraction of sp³-hybridized carbons (Fsp3) is 0.364. The summed E-state index contributed by atoms with van der Waals surface area (Å²) in [5, 5.41) is 3.87. The number of halogens is 1. The molecule has 15 heavy (non-hydrogen) atoms. The molecule has 1 aliphatic rings. The zero-order valence-electron chi connectivity index (χ0n) is 8.32. The van der Waals surface area contributed by atoms with E-state index in [2.05, 4.69) is 10.2 Å². The van der Waals surface area contributed by atoms with E-state index < -0.39 is 0 Å². The Labute approximate surface area is 94.0 Å². The molecular formula is C11H13ClN2O. The van der Waals surface area contributed by atoms with Crippen LogP contribution in [0.25, 0.3) is 0 Å². The monoisotopic (exact) mass is 224 g/mol. The molecule has 1 aromatic carbocycles. The third-order valence-corrected chi connectivity index (χ3v) is 2.73. The maximum absolute atomic E-state index is 10.5. The normalized spacial score (nSPS) is 21.8. The van der Waals surface area contributed by atoms with Gasteiger partial charge in [-0.2, -0.15) is 0 Å². The van der Waals surface area contributed by atoms with Crippen molar-refractivity contribution < 1.29 is 4.79 Å². The van der Waals surface area contributed by atoms with Crippen molar-refractivity contribution in [1.29, 1.82) is 0 Å². The van der Waals surface area contributed by atoms with Gasteiger partial charge in [0.05, 0.1) is 6.04 Å². The smallest absolute Gasteiger partial charge is 0.138 e. The maximum Gasteiger partial charge on any atom is 0.138 e. The van der Waals surface area contributed by atoms with Gasteiger partial charge in [-0.3, -0.25) is 10.2 Å². The summed E-state index contributed by atoms with van der Waals surface area (Å²) < 4.78 is 0. The van der Waals surface area contributed by atoms with E-state index in [9.17, 15) is 4.79 Å². The second kappa shape index (κ2) is 4.75. The first-order chi connectivity index (χ1) is 7.28. The van der Waals surface area contributed by atoms with Gasteiger partial charge >= 0.3 is 0 Å². The van der Waals surface area contributed by atoms with Crippen molar-refractivity contribution in [2.45, 2.75) is 12.6 Å². The summed E-state index contributed by atoms with van der Waals surface area (Å²) in [7, 11) is 0. The zero-order chi connectivity index (χ0) is 10.7. The van der Waals surface area contributed by atoms with Crippen LogP contribution in [-0.4, -0.2) is 30.4 Å². The third kappa shape index (κ3) is 2.78. The number of nitrogens with one attached hydrogen (secondary N) is 1. The Hall–Kier alpha value is -0.900. The Kier molecular flexibility index (Phi) is 3.36. The molecule has 0 saturated carbocycles. The van der Waals surface area contributed by atoms with Crippen molar-refractivity contribution in [3.63, 3.8) is 0 Å². The lowest BCUT2D eigenvalue weighted by Crippen LogP contribution is -2.24. The quantitative estimate of drug-likeness (QED) is 0.785. The van der Waals surface area contributed by atoms with Crippen LogP contribution in [0.3, 0.4) is 0 Å². The number of benzene rings is 1. The molecule has 0 bridgehead atoms. The first-order valence-electron chi connectivity index (χ1n) is 4.93. The average Bonchev–Trinajstić information content (AvgIpc) is 2.65. The van der Waals surface area contributed by atoms with E-state index in [1.807, 2.05) is 24.3 Å². The van der Waals surface area contributed by atoms with Crippen LogP contribution in [0, 0.1) is 0 Å². The molecular weight excluding hydrogens is 212 g/mol. The van der Waals surface area contributed by atoms with Gasteiger partial charge in [-0.25, -0.2) is 0 Å². The summed E-state index contributed by atoms with van der Waals surface area (Å²) >= 11 is 5.90. The molecule has 1 aromatic rings. The SMILES string of the molecule is O=CC1CN(Cc2cccc(Cl)c2)CN1. The first kappa shape index (κ1) is 10.6. The molecule has 0 aliphatic carbocycles. The first-order valence-corrected chi connectivity index (χ1v) is 5.31. The summed E-state index contributed by atoms with van der Waals surface area (Å²) in [4.78, 5) is 12.7. The topological polar surface area (TPSA) is 32.3 Å². The molecule has 1 saturated heterocycles. The van der Waals surface area contributed by atoms with E-state index in [4.69, 9.17) is 11.6 Å². The number of hydrogen-bond acceptors (Lipinski definition) is 3. The fourth-order valence-corrected chi connectivity index (χ4v) is 1.97. The van der Waals surface area contributed by atoms with E-state index in [0.717, 1.165) is 31.1 Å². The number of nitrogens with zero attached hydrogens (tertiary/aromatic N) is 1. The van der Waals surface area contributed by atoms with E-state index in [1.165, 1.54) is 5.56 Å². The molecule has 1 unspecified atom stereocenters. The lowest BCUT2D eigenvalue weighted by molar-refractivity contribution is -0.109. The highest BCUT2D eigenvalue weighted by Crippen LogP contribution is 2.13. The van der Waals surface area contributed by atoms with Crippen LogP contribution in [0.15, 0.2) is 24.3 Å². The average molecular weight is 225 g/mol.